The van der Waals surface area contributed by atoms with Crippen LogP contribution in [-0.4, -0.2) is 13.7 Å². The highest BCUT2D eigenvalue weighted by Crippen LogP contribution is 2.53. The van der Waals surface area contributed by atoms with Crippen LogP contribution < -0.4 is 0 Å². The van der Waals surface area contributed by atoms with E-state index < -0.39 is 0 Å². The second-order valence-electron chi connectivity index (χ2n) is 37.7. The molecular weight excluding hydrogens is 1720 g/mol. The van der Waals surface area contributed by atoms with Gasteiger partial charge in [0, 0.05) is 81.4 Å². The quantitative estimate of drug-likeness (QED) is 0.121. The molecule has 0 aliphatic rings. The molecule has 3 heteroatoms. The molecular formula is C140H89N3. The minimum Gasteiger partial charge on any atom is -0.309 e. The van der Waals surface area contributed by atoms with Gasteiger partial charge in [-0.15, -0.1) is 0 Å². The second kappa shape index (κ2) is 34.1. The lowest BCUT2D eigenvalue weighted by atomic mass is 9.88. The summed E-state index contributed by atoms with van der Waals surface area (Å²) < 4.78 is 7.50. The molecule has 0 saturated carbocycles. The van der Waals surface area contributed by atoms with Crippen LogP contribution in [0.1, 0.15) is 0 Å². The Kier molecular flexibility index (Phi) is 19.7. The van der Waals surface area contributed by atoms with Crippen molar-refractivity contribution in [2.24, 2.45) is 0 Å². The molecule has 0 aliphatic heterocycles. The molecule has 30 aromatic rings. The first kappa shape index (κ1) is 82.5. The van der Waals surface area contributed by atoms with Crippen LogP contribution in [0.25, 0.3) is 279 Å². The summed E-state index contributed by atoms with van der Waals surface area (Å²) in [4.78, 5) is 0. The Balaban J connectivity index is 0.000000105. The van der Waals surface area contributed by atoms with Crippen molar-refractivity contribution < 1.29 is 0 Å². The molecule has 30 rings (SSSR count). The van der Waals surface area contributed by atoms with E-state index >= 15 is 0 Å². The van der Waals surface area contributed by atoms with Crippen LogP contribution in [-0.2, 0) is 0 Å². The Labute approximate surface area is 826 Å². The summed E-state index contributed by atoms with van der Waals surface area (Å²) in [6.45, 7) is 0. The van der Waals surface area contributed by atoms with Crippen LogP contribution in [0, 0.1) is 0 Å². The van der Waals surface area contributed by atoms with E-state index in [1.54, 1.807) is 0 Å². The molecule has 3 heterocycles. The molecule has 0 fully saturated rings. The number of hydrogen-bond acceptors (Lipinski definition) is 0. The predicted molar refractivity (Wildman–Crippen MR) is 613 cm³/mol. The smallest absolute Gasteiger partial charge is 0.0626 e. The van der Waals surface area contributed by atoms with Crippen molar-refractivity contribution in [2.75, 3.05) is 0 Å². The normalized spacial score (nSPS) is 11.8. The van der Waals surface area contributed by atoms with Gasteiger partial charge in [-0.2, -0.15) is 0 Å². The van der Waals surface area contributed by atoms with Crippen LogP contribution in [0.4, 0.5) is 0 Å². The molecule has 0 atom stereocenters. The molecule has 3 aromatic heterocycles. The molecule has 0 bridgehead atoms. The van der Waals surface area contributed by atoms with Crippen LogP contribution >= 0.6 is 0 Å². The minimum atomic E-state index is 1.16. The van der Waals surface area contributed by atoms with Crippen LogP contribution in [0.5, 0.6) is 0 Å². The average molecular weight is 1810 g/mol. The van der Waals surface area contributed by atoms with E-state index in [4.69, 9.17) is 0 Å². The first-order valence-corrected chi connectivity index (χ1v) is 49.5. The summed E-state index contributed by atoms with van der Waals surface area (Å²) in [6, 6.07) is 197. The lowest BCUT2D eigenvalue weighted by molar-refractivity contribution is 1.19. The molecule has 0 aliphatic carbocycles. The molecule has 27 aromatic carbocycles. The largest absolute Gasteiger partial charge is 0.309 e. The highest BCUT2D eigenvalue weighted by Gasteiger charge is 2.28. The number of aromatic nitrogens is 3. The van der Waals surface area contributed by atoms with Gasteiger partial charge in [0.25, 0.3) is 0 Å². The molecule has 3 nitrogen and oxygen atoms in total. The number of hydrogen-bond donors (Lipinski definition) is 0. The summed E-state index contributed by atoms with van der Waals surface area (Å²) in [6.07, 6.45) is 0. The molecule has 0 unspecified atom stereocenters. The summed E-state index contributed by atoms with van der Waals surface area (Å²) >= 11 is 0. The minimum absolute atomic E-state index is 1.16. The summed E-state index contributed by atoms with van der Waals surface area (Å²) in [5, 5.41) is 35.9. The third kappa shape index (κ3) is 13.4. The average Bonchev–Trinajstić information content (AvgIpc) is 1.53. The fourth-order valence-electron chi connectivity index (χ4n) is 23.8. The fraction of sp³-hybridized carbons (Fsp3) is 0. The maximum atomic E-state index is 2.53. The van der Waals surface area contributed by atoms with E-state index in [1.807, 2.05) is 0 Å². The molecule has 0 amide bonds. The Morgan fingerprint density at radius 2 is 0.350 bits per heavy atom. The van der Waals surface area contributed by atoms with E-state index in [-0.39, 0.29) is 0 Å². The van der Waals surface area contributed by atoms with E-state index in [1.165, 1.54) is 267 Å². The van der Waals surface area contributed by atoms with E-state index in [9.17, 15) is 0 Å². The monoisotopic (exact) mass is 1810 g/mol. The van der Waals surface area contributed by atoms with E-state index in [0.717, 1.165) is 11.4 Å². The van der Waals surface area contributed by atoms with Crippen molar-refractivity contribution in [1.82, 2.24) is 13.7 Å². The van der Waals surface area contributed by atoms with Gasteiger partial charge in [-0.25, -0.2) is 0 Å². The molecule has 0 radical (unpaired) electrons. The summed E-state index contributed by atoms with van der Waals surface area (Å²) in [5.74, 6) is 0. The van der Waals surface area contributed by atoms with Crippen molar-refractivity contribution >= 4 is 184 Å². The lowest BCUT2D eigenvalue weighted by Gasteiger charge is -2.18. The third-order valence-corrected chi connectivity index (χ3v) is 30.1. The standard InChI is InChI=1S/C48H31N.2C46H29N/c1-3-13-32(14-4-1)33-23-25-34(26-24-33)35-27-29-37(30-28-35)49-45-22-12-11-21-42(45)47-46-40-19-9-7-17-38(40)43(36-15-5-2-6-16-36)31-44(46)39-18-8-10-20-41(39)48(47)49;1-3-15-30(16-4-1)32-27-28-43(36-22-10-7-19-33(32)36)47-42-26-14-13-25-39(42)45-44-37-23-11-8-20-34(37)40(31-17-5-2-6-18-31)29-41(44)35-21-9-12-24-38(35)46(45)47;1-2-13-31(14-3-1)41-29-42-37-19-7-9-21-39(37)46-45(44(42)38-20-8-6-18-36(38)41)40-22-10-11-24-43(40)47(46)33-27-25-32(26-28-33)35-23-12-16-30-15-4-5-17-34(30)35/h1-31H;2*1-29H. The molecule has 664 valence electrons. The summed E-state index contributed by atoms with van der Waals surface area (Å²) in [7, 11) is 0. The van der Waals surface area contributed by atoms with Crippen LogP contribution in [0.15, 0.2) is 540 Å². The molecule has 0 saturated heterocycles. The highest BCUT2D eigenvalue weighted by atomic mass is 15.0. The van der Waals surface area contributed by atoms with Gasteiger partial charge in [0.1, 0.15) is 0 Å². The van der Waals surface area contributed by atoms with Crippen LogP contribution in [0.2, 0.25) is 0 Å². The van der Waals surface area contributed by atoms with E-state index in [2.05, 4.69) is 554 Å². The number of rotatable bonds is 10. The zero-order chi connectivity index (χ0) is 94.1. The van der Waals surface area contributed by atoms with Crippen molar-refractivity contribution in [2.45, 2.75) is 0 Å². The zero-order valence-corrected chi connectivity index (χ0v) is 78.2. The molecule has 0 N–H and O–H groups in total. The number of fused-ring (bicyclic) bond motifs is 32. The Morgan fingerprint density at radius 1 is 0.112 bits per heavy atom. The number of benzene rings is 27. The first-order valence-electron chi connectivity index (χ1n) is 49.5. The van der Waals surface area contributed by atoms with E-state index in [0.29, 0.717) is 0 Å². The topological polar surface area (TPSA) is 14.8 Å². The predicted octanol–water partition coefficient (Wildman–Crippen LogP) is 38.7. The van der Waals surface area contributed by atoms with Gasteiger partial charge in [0.15, 0.2) is 0 Å². The third-order valence-electron chi connectivity index (χ3n) is 30.1. The fourth-order valence-corrected chi connectivity index (χ4v) is 23.8. The van der Waals surface area contributed by atoms with Crippen LogP contribution in [0.3, 0.4) is 0 Å². The van der Waals surface area contributed by atoms with Gasteiger partial charge in [0.05, 0.1) is 38.8 Å². The molecule has 0 spiro atoms. The zero-order valence-electron chi connectivity index (χ0n) is 78.2. The van der Waals surface area contributed by atoms with Crippen molar-refractivity contribution in [3.05, 3.63) is 540 Å². The van der Waals surface area contributed by atoms with Crippen molar-refractivity contribution in [3.63, 3.8) is 0 Å². The highest BCUT2D eigenvalue weighted by molar-refractivity contribution is 6.42. The SMILES string of the molecule is c1ccc(-c2cc3c4ccccc4c4c(c5ccccc5n4-c4ccc(-c5cccc6ccccc56)cc4)c3c3ccccc23)cc1.c1ccc(-c2ccc(-c3ccc(-n4c5ccccc5c5c6c7ccccc7c(-c7ccccc7)cc6c6ccccc6c54)cc3)cc2)cc1.c1ccc(-c2ccc(-n3c4ccccc4c4c5c6ccccc6c(-c6ccccc6)cc5c5ccccc5c43)c3ccccc23)cc1. The van der Waals surface area contributed by atoms with Crippen molar-refractivity contribution in [3.8, 4) is 95.0 Å². The first-order chi connectivity index (χ1) is 71.0. The Morgan fingerprint density at radius 3 is 0.727 bits per heavy atom. The van der Waals surface area contributed by atoms with Gasteiger partial charge in [-0.3, -0.25) is 0 Å². The lowest BCUT2D eigenvalue weighted by Crippen LogP contribution is -1.97. The maximum absolute atomic E-state index is 2.53. The Hall–Kier alpha value is -18.8. The van der Waals surface area contributed by atoms with Gasteiger partial charge in [-0.05, 0) is 225 Å². The van der Waals surface area contributed by atoms with Crippen molar-refractivity contribution in [1.29, 1.82) is 0 Å². The second-order valence-corrected chi connectivity index (χ2v) is 37.7. The number of nitrogens with zero attached hydrogens (tertiary/aromatic N) is 3. The Bertz CT molecular complexity index is 10300. The van der Waals surface area contributed by atoms with Gasteiger partial charge < -0.3 is 13.7 Å². The van der Waals surface area contributed by atoms with Gasteiger partial charge in [-0.1, -0.05) is 473 Å². The maximum Gasteiger partial charge on any atom is 0.0626 e. The van der Waals surface area contributed by atoms with Gasteiger partial charge >= 0.3 is 0 Å². The number of para-hydroxylation sites is 3. The summed E-state index contributed by atoms with van der Waals surface area (Å²) in [5.41, 5.74) is 28.3. The van der Waals surface area contributed by atoms with Gasteiger partial charge in [0.2, 0.25) is 0 Å². The molecule has 143 heavy (non-hydrogen) atoms.